The average Bonchev–Trinajstić information content (AvgIpc) is 2.71. The molecule has 2 aromatic rings. The van der Waals surface area contributed by atoms with Crippen molar-refractivity contribution in [1.82, 2.24) is 5.32 Å². The molecule has 2 aromatic carbocycles. The summed E-state index contributed by atoms with van der Waals surface area (Å²) in [7, 11) is 0. The Morgan fingerprint density at radius 1 is 1.11 bits per heavy atom. The second-order valence-electron chi connectivity index (χ2n) is 7.64. The lowest BCUT2D eigenvalue weighted by Gasteiger charge is -2.19. The number of rotatable bonds is 8. The van der Waals surface area contributed by atoms with Gasteiger partial charge in [0.1, 0.15) is 17.5 Å². The second kappa shape index (κ2) is 12.4. The van der Waals surface area contributed by atoms with Gasteiger partial charge in [0.15, 0.2) is 0 Å². The van der Waals surface area contributed by atoms with Crippen molar-refractivity contribution in [3.8, 4) is 0 Å². The number of halogens is 10. The van der Waals surface area contributed by atoms with E-state index in [1.165, 1.54) is 6.92 Å². The van der Waals surface area contributed by atoms with Gasteiger partial charge in [-0.2, -0.15) is 26.3 Å². The number of amides is 1. The molecule has 2 rings (SSSR count). The molecule has 0 aliphatic rings. The van der Waals surface area contributed by atoms with Crippen molar-refractivity contribution in [2.45, 2.75) is 31.2 Å². The van der Waals surface area contributed by atoms with Gasteiger partial charge in [0.2, 0.25) is 5.75 Å². The van der Waals surface area contributed by atoms with Gasteiger partial charge in [0, 0.05) is 10.0 Å². The van der Waals surface area contributed by atoms with Crippen molar-refractivity contribution >= 4 is 62.0 Å². The van der Waals surface area contributed by atoms with Gasteiger partial charge in [0.25, 0.3) is 5.91 Å². The molecule has 0 aromatic heterocycles. The molecule has 3 atom stereocenters. The van der Waals surface area contributed by atoms with E-state index in [2.05, 4.69) is 21.2 Å². The Labute approximate surface area is 223 Å². The van der Waals surface area contributed by atoms with E-state index in [1.54, 1.807) is 0 Å². The molecule has 3 unspecified atom stereocenters. The molecule has 0 fully saturated rings. The maximum atomic E-state index is 14.8. The molecule has 0 bridgehead atoms. The minimum Gasteiger partial charge on any atom is -0.616 e. The second-order valence-corrected chi connectivity index (χ2v) is 10.8. The first kappa shape index (κ1) is 30.8. The number of hydrogen-bond donors (Lipinski definition) is 1. The van der Waals surface area contributed by atoms with Crippen LogP contribution in [0.5, 0.6) is 0 Å². The summed E-state index contributed by atoms with van der Waals surface area (Å²) >= 11 is 12.3. The quantitative estimate of drug-likeness (QED) is 0.236. The zero-order valence-electron chi connectivity index (χ0n) is 18.1. The molecule has 1 N–H and O–H groups in total. The van der Waals surface area contributed by atoms with Gasteiger partial charge in [-0.05, 0) is 69.9 Å². The molecule has 0 saturated carbocycles. The van der Waals surface area contributed by atoms with E-state index in [9.17, 15) is 40.1 Å². The zero-order chi connectivity index (χ0) is 27.4. The molecule has 0 aliphatic carbocycles. The Morgan fingerprint density at radius 2 is 1.75 bits per heavy atom. The normalized spacial score (nSPS) is 15.4. The molecule has 0 spiro atoms. The van der Waals surface area contributed by atoms with Crippen molar-refractivity contribution in [2.75, 3.05) is 11.5 Å². The van der Waals surface area contributed by atoms with Crippen LogP contribution in [-0.4, -0.2) is 40.4 Å². The predicted molar refractivity (Wildman–Crippen MR) is 129 cm³/mol. The van der Waals surface area contributed by atoms with Crippen LogP contribution in [0.3, 0.4) is 0 Å². The minimum absolute atomic E-state index is 0.0164. The van der Waals surface area contributed by atoms with Crippen LogP contribution in [0.25, 0.3) is 5.83 Å². The molecule has 1 amide bonds. The van der Waals surface area contributed by atoms with E-state index < -0.39 is 58.7 Å². The lowest BCUT2D eigenvalue weighted by molar-refractivity contribution is -0.139. The summed E-state index contributed by atoms with van der Waals surface area (Å²) in [4.78, 5) is 12.4. The summed E-state index contributed by atoms with van der Waals surface area (Å²) in [5.74, 6) is -6.30. The third-order valence-electron chi connectivity index (χ3n) is 4.60. The highest BCUT2D eigenvalue weighted by Gasteiger charge is 2.40. The van der Waals surface area contributed by atoms with Gasteiger partial charge < -0.3 is 9.87 Å². The monoisotopic (exact) mass is 641 g/mol. The fourth-order valence-corrected chi connectivity index (χ4v) is 5.03. The van der Waals surface area contributed by atoms with Crippen molar-refractivity contribution in [3.05, 3.63) is 73.7 Å². The van der Waals surface area contributed by atoms with E-state index in [0.29, 0.717) is 6.08 Å². The topological polar surface area (TPSA) is 52.2 Å². The summed E-state index contributed by atoms with van der Waals surface area (Å²) < 4.78 is 104. The first-order valence-corrected chi connectivity index (χ1v) is 12.9. The Balaban J connectivity index is 2.21. The van der Waals surface area contributed by atoms with Crippen LogP contribution in [0.2, 0.25) is 10.0 Å². The van der Waals surface area contributed by atoms with Crippen LogP contribution >= 0.6 is 39.1 Å². The lowest BCUT2D eigenvalue weighted by Crippen LogP contribution is -2.39. The van der Waals surface area contributed by atoms with Crippen LogP contribution in [0, 0.1) is 0 Å². The zero-order valence-corrected chi connectivity index (χ0v) is 22.0. The molecule has 14 heteroatoms. The Bertz CT molecular complexity index is 1130. The number of carbonyl (C=O) groups is 1. The summed E-state index contributed by atoms with van der Waals surface area (Å²) in [6, 6.07) is 5.61. The summed E-state index contributed by atoms with van der Waals surface area (Å²) in [6.45, 7) is 1.36. The first-order chi connectivity index (χ1) is 16.5. The van der Waals surface area contributed by atoms with Gasteiger partial charge in [-0.25, -0.2) is 4.39 Å². The van der Waals surface area contributed by atoms with E-state index in [0.717, 1.165) is 36.4 Å². The molecule has 0 saturated heterocycles. The predicted octanol–water partition coefficient (Wildman–Crippen LogP) is 7.84. The third kappa shape index (κ3) is 9.13. The van der Waals surface area contributed by atoms with E-state index in [1.807, 2.05) is 0 Å². The molecular formula is C22H17BrCl2F7NO2S. The van der Waals surface area contributed by atoms with Crippen molar-refractivity contribution < 1.29 is 40.1 Å². The highest BCUT2D eigenvalue weighted by atomic mass is 79.9. The van der Waals surface area contributed by atoms with Gasteiger partial charge in [0.05, 0.1) is 21.7 Å². The first-order valence-electron chi connectivity index (χ1n) is 9.89. The summed E-state index contributed by atoms with van der Waals surface area (Å²) in [5, 5.41) is 2.28. The fourth-order valence-electron chi connectivity index (χ4n) is 3.04. The molecule has 0 aliphatic heterocycles. The van der Waals surface area contributed by atoms with Crippen molar-refractivity contribution in [2.24, 2.45) is 0 Å². The average molecular weight is 643 g/mol. The fraction of sp³-hybridized carbons (Fsp3) is 0.318. The number of carbonyl (C=O) groups excluding carboxylic acids is 1. The van der Waals surface area contributed by atoms with Gasteiger partial charge in [-0.1, -0.05) is 35.3 Å². The van der Waals surface area contributed by atoms with Gasteiger partial charge in [-0.3, -0.25) is 4.79 Å². The van der Waals surface area contributed by atoms with Crippen LogP contribution < -0.4 is 5.32 Å². The molecule has 198 valence electrons. The van der Waals surface area contributed by atoms with Crippen LogP contribution in [0.15, 0.2) is 46.9 Å². The molecule has 0 radical (unpaired) electrons. The third-order valence-corrected chi connectivity index (χ3v) is 7.51. The SMILES string of the molecule is CC(C[S+]([O-])CC(F)(F)F)NC(=O)c1ccc(/C(F)=C/C(c2ccc(Cl)c(Cl)c2)C(F)(F)F)cc1Br. The Hall–Kier alpha value is -1.47. The minimum atomic E-state index is -4.85. The Kier molecular flexibility index (Phi) is 10.6. The van der Waals surface area contributed by atoms with Crippen molar-refractivity contribution in [1.29, 1.82) is 0 Å². The number of alkyl halides is 6. The molecule has 0 heterocycles. The molecular weight excluding hydrogens is 626 g/mol. The van der Waals surface area contributed by atoms with E-state index in [4.69, 9.17) is 23.2 Å². The van der Waals surface area contributed by atoms with Crippen LogP contribution in [-0.2, 0) is 11.2 Å². The van der Waals surface area contributed by atoms with Crippen LogP contribution in [0.4, 0.5) is 30.7 Å². The number of nitrogens with one attached hydrogen (secondary N) is 1. The van der Waals surface area contributed by atoms with E-state index >= 15 is 0 Å². The lowest BCUT2D eigenvalue weighted by atomic mass is 9.96. The van der Waals surface area contributed by atoms with Crippen molar-refractivity contribution in [3.63, 3.8) is 0 Å². The highest BCUT2D eigenvalue weighted by Crippen LogP contribution is 2.40. The Morgan fingerprint density at radius 3 is 2.28 bits per heavy atom. The number of allylic oxidation sites excluding steroid dienone is 1. The maximum absolute atomic E-state index is 14.8. The van der Waals surface area contributed by atoms with Gasteiger partial charge >= 0.3 is 12.4 Å². The molecule has 36 heavy (non-hydrogen) atoms. The summed E-state index contributed by atoms with van der Waals surface area (Å²) in [6.07, 6.45) is -9.11. The molecule has 3 nitrogen and oxygen atoms in total. The number of hydrogen-bond acceptors (Lipinski definition) is 2. The highest BCUT2D eigenvalue weighted by molar-refractivity contribution is 9.10. The summed E-state index contributed by atoms with van der Waals surface area (Å²) in [5.41, 5.74) is -0.664. The standard InChI is InChI=1S/C22H17BrCl2F7NO2S/c1-11(9-36(35)10-21(27,28)29)33-20(34)14-4-2-13(6-16(14)23)19(26)8-15(22(30,31)32)12-3-5-17(24)18(25)7-12/h2-8,11,15H,9-10H2,1H3,(H,33,34)/b19-8-. The number of benzene rings is 2. The van der Waals surface area contributed by atoms with Crippen LogP contribution in [0.1, 0.15) is 34.3 Å². The largest absolute Gasteiger partial charge is 0.616 e. The van der Waals surface area contributed by atoms with E-state index in [-0.39, 0.29) is 31.2 Å². The van der Waals surface area contributed by atoms with Gasteiger partial charge in [-0.15, -0.1) is 0 Å². The maximum Gasteiger partial charge on any atom is 0.433 e. The smallest absolute Gasteiger partial charge is 0.433 e.